The van der Waals surface area contributed by atoms with Crippen LogP contribution in [0.4, 0.5) is 10.5 Å². The van der Waals surface area contributed by atoms with E-state index in [1.807, 2.05) is 45.0 Å². The van der Waals surface area contributed by atoms with Gasteiger partial charge in [0.15, 0.2) is 5.37 Å². The van der Waals surface area contributed by atoms with Crippen LogP contribution < -0.4 is 5.32 Å². The maximum absolute atomic E-state index is 12.2. The molecule has 0 aliphatic carbocycles. The minimum absolute atomic E-state index is 0.148. The van der Waals surface area contributed by atoms with Crippen molar-refractivity contribution >= 4 is 28.6 Å². The zero-order valence-corrected chi connectivity index (χ0v) is 12.2. The second kappa shape index (κ2) is 5.65. The topological polar surface area (TPSA) is 49.4 Å². The summed E-state index contributed by atoms with van der Waals surface area (Å²) in [6.45, 7) is 6.46. The summed E-state index contributed by atoms with van der Waals surface area (Å²) in [5.74, 6) is 0.136. The number of hydrogen-bond donors (Lipinski definition) is 1. The number of nitrogens with one attached hydrogen (secondary N) is 1. The lowest BCUT2D eigenvalue weighted by atomic mass is 10.2. The molecule has 1 unspecified atom stereocenters. The van der Waals surface area contributed by atoms with Gasteiger partial charge in [0.2, 0.25) is 0 Å². The largest absolute Gasteiger partial charge is 0.365 e. The number of rotatable bonds is 4. The average molecular weight is 278 g/mol. The fourth-order valence-electron chi connectivity index (χ4n) is 1.95. The highest BCUT2D eigenvalue weighted by atomic mass is 32.2. The van der Waals surface area contributed by atoms with Gasteiger partial charge in [-0.25, -0.2) is 0 Å². The minimum Gasteiger partial charge on any atom is -0.365 e. The Hall–Kier alpha value is -1.49. The molecule has 1 N–H and O–H groups in total. The molecule has 1 heterocycles. The van der Waals surface area contributed by atoms with Crippen molar-refractivity contribution in [3.63, 3.8) is 0 Å². The number of hydrogen-bond acceptors (Lipinski definition) is 4. The van der Waals surface area contributed by atoms with Gasteiger partial charge in [-0.2, -0.15) is 0 Å². The highest BCUT2D eigenvalue weighted by Crippen LogP contribution is 2.28. The number of amides is 2. The number of imide groups is 1. The predicted octanol–water partition coefficient (Wildman–Crippen LogP) is 3.08. The van der Waals surface area contributed by atoms with E-state index in [4.69, 9.17) is 0 Å². The van der Waals surface area contributed by atoms with Crippen LogP contribution in [0.15, 0.2) is 24.3 Å². The smallest absolute Gasteiger partial charge is 0.290 e. The third-order valence-corrected chi connectivity index (χ3v) is 3.77. The Kier molecular flexibility index (Phi) is 4.14. The molecular weight excluding hydrogens is 260 g/mol. The normalized spacial score (nSPS) is 19.4. The van der Waals surface area contributed by atoms with E-state index in [0.29, 0.717) is 6.54 Å². The van der Waals surface area contributed by atoms with Gasteiger partial charge >= 0.3 is 0 Å². The Labute approximate surface area is 117 Å². The van der Waals surface area contributed by atoms with Crippen molar-refractivity contribution in [2.24, 2.45) is 5.92 Å². The van der Waals surface area contributed by atoms with E-state index in [1.165, 1.54) is 4.90 Å². The van der Waals surface area contributed by atoms with Crippen LogP contribution in [0.1, 0.15) is 19.4 Å². The van der Waals surface area contributed by atoms with E-state index in [1.54, 1.807) is 0 Å². The van der Waals surface area contributed by atoms with Crippen LogP contribution in [-0.4, -0.2) is 28.0 Å². The number of carbonyl (C=O) groups is 2. The molecule has 1 saturated heterocycles. The Balaban J connectivity index is 2.07. The van der Waals surface area contributed by atoms with Crippen LogP contribution in [-0.2, 0) is 4.79 Å². The van der Waals surface area contributed by atoms with Crippen LogP contribution >= 0.6 is 11.8 Å². The summed E-state index contributed by atoms with van der Waals surface area (Å²) in [6.07, 6.45) is 0. The highest BCUT2D eigenvalue weighted by Gasteiger charge is 2.39. The molecule has 0 aromatic heterocycles. The van der Waals surface area contributed by atoms with Crippen LogP contribution in [0.2, 0.25) is 0 Å². The van der Waals surface area contributed by atoms with Crippen molar-refractivity contribution in [2.75, 3.05) is 11.9 Å². The molecule has 5 heteroatoms. The molecule has 4 nitrogen and oxygen atoms in total. The van der Waals surface area contributed by atoms with Crippen molar-refractivity contribution in [3.05, 3.63) is 29.8 Å². The van der Waals surface area contributed by atoms with Gasteiger partial charge in [-0.3, -0.25) is 14.5 Å². The molecule has 0 bridgehead atoms. The van der Waals surface area contributed by atoms with E-state index in [0.717, 1.165) is 23.0 Å². The molecule has 0 saturated carbocycles. The Morgan fingerprint density at radius 2 is 2.11 bits per heavy atom. The molecule has 1 aliphatic rings. The Bertz CT molecular complexity index is 502. The SMILES string of the molecule is Cc1cccc(NC2SC(=O)N(CC(C)C)C2=O)c1. The zero-order valence-electron chi connectivity index (χ0n) is 11.3. The van der Waals surface area contributed by atoms with E-state index < -0.39 is 5.37 Å². The summed E-state index contributed by atoms with van der Waals surface area (Å²) in [6, 6.07) is 7.78. The van der Waals surface area contributed by atoms with Crippen LogP contribution in [0.5, 0.6) is 0 Å². The first kappa shape index (κ1) is 13.9. The predicted molar refractivity (Wildman–Crippen MR) is 78.1 cm³/mol. The first-order chi connectivity index (χ1) is 8.97. The summed E-state index contributed by atoms with van der Waals surface area (Å²) in [4.78, 5) is 25.3. The number of thioether (sulfide) groups is 1. The maximum atomic E-state index is 12.2. The fraction of sp³-hybridized carbons (Fsp3) is 0.429. The molecule has 19 heavy (non-hydrogen) atoms. The molecule has 0 spiro atoms. The highest BCUT2D eigenvalue weighted by molar-refractivity contribution is 8.15. The zero-order chi connectivity index (χ0) is 14.0. The first-order valence-electron chi connectivity index (χ1n) is 6.32. The Morgan fingerprint density at radius 3 is 2.74 bits per heavy atom. The van der Waals surface area contributed by atoms with E-state index >= 15 is 0 Å². The number of aryl methyl sites for hydroxylation is 1. The van der Waals surface area contributed by atoms with Crippen LogP contribution in [0, 0.1) is 12.8 Å². The van der Waals surface area contributed by atoms with E-state index in [9.17, 15) is 9.59 Å². The maximum Gasteiger partial charge on any atom is 0.290 e. The van der Waals surface area contributed by atoms with Crippen molar-refractivity contribution in [1.29, 1.82) is 0 Å². The monoisotopic (exact) mass is 278 g/mol. The third kappa shape index (κ3) is 3.29. The standard InChI is InChI=1S/C14H18N2O2S/c1-9(2)8-16-13(17)12(19-14(16)18)15-11-6-4-5-10(3)7-11/h4-7,9,12,15H,8H2,1-3H3. The van der Waals surface area contributed by atoms with Crippen molar-refractivity contribution in [1.82, 2.24) is 4.90 Å². The molecule has 2 amide bonds. The Morgan fingerprint density at radius 1 is 1.37 bits per heavy atom. The molecule has 1 atom stereocenters. The number of anilines is 1. The van der Waals surface area contributed by atoms with Crippen molar-refractivity contribution < 1.29 is 9.59 Å². The van der Waals surface area contributed by atoms with Gasteiger partial charge in [0.25, 0.3) is 11.1 Å². The van der Waals surface area contributed by atoms with Gasteiger partial charge in [0.1, 0.15) is 0 Å². The summed E-state index contributed by atoms with van der Waals surface area (Å²) >= 11 is 1.05. The molecule has 1 aromatic rings. The minimum atomic E-state index is -0.506. The van der Waals surface area contributed by atoms with Gasteiger partial charge in [-0.15, -0.1) is 0 Å². The summed E-state index contributed by atoms with van der Waals surface area (Å²) in [5.41, 5.74) is 1.98. The first-order valence-corrected chi connectivity index (χ1v) is 7.20. The number of benzene rings is 1. The summed E-state index contributed by atoms with van der Waals surface area (Å²) < 4.78 is 0. The van der Waals surface area contributed by atoms with Crippen LogP contribution in [0.3, 0.4) is 0 Å². The molecule has 1 aromatic carbocycles. The summed E-state index contributed by atoms with van der Waals surface area (Å²) in [7, 11) is 0. The fourth-order valence-corrected chi connectivity index (χ4v) is 2.87. The van der Waals surface area contributed by atoms with Crippen molar-refractivity contribution in [2.45, 2.75) is 26.1 Å². The van der Waals surface area contributed by atoms with Crippen LogP contribution in [0.25, 0.3) is 0 Å². The lowest BCUT2D eigenvalue weighted by Gasteiger charge is -2.16. The molecule has 1 fully saturated rings. The molecular formula is C14H18N2O2S. The van der Waals surface area contributed by atoms with E-state index in [-0.39, 0.29) is 17.1 Å². The number of nitrogens with zero attached hydrogens (tertiary/aromatic N) is 1. The number of carbonyl (C=O) groups excluding carboxylic acids is 2. The van der Waals surface area contributed by atoms with Gasteiger partial charge in [0, 0.05) is 12.2 Å². The van der Waals surface area contributed by atoms with E-state index in [2.05, 4.69) is 5.32 Å². The lowest BCUT2D eigenvalue weighted by molar-refractivity contribution is -0.126. The van der Waals surface area contributed by atoms with Crippen molar-refractivity contribution in [3.8, 4) is 0 Å². The van der Waals surface area contributed by atoms with Gasteiger partial charge < -0.3 is 5.32 Å². The molecule has 102 valence electrons. The second-order valence-electron chi connectivity index (χ2n) is 5.12. The van der Waals surface area contributed by atoms with Gasteiger partial charge in [-0.05, 0) is 42.3 Å². The van der Waals surface area contributed by atoms with Gasteiger partial charge in [-0.1, -0.05) is 26.0 Å². The quantitative estimate of drug-likeness (QED) is 0.919. The molecule has 2 rings (SSSR count). The lowest BCUT2D eigenvalue weighted by Crippen LogP contribution is -2.36. The van der Waals surface area contributed by atoms with Gasteiger partial charge in [0.05, 0.1) is 0 Å². The third-order valence-electron chi connectivity index (χ3n) is 2.79. The summed E-state index contributed by atoms with van der Waals surface area (Å²) in [5, 5.41) is 2.45. The molecule has 0 radical (unpaired) electrons. The average Bonchev–Trinajstić information content (AvgIpc) is 2.57. The second-order valence-corrected chi connectivity index (χ2v) is 6.18. The molecule has 1 aliphatic heterocycles.